The molecule has 88 valence electrons. The molecule has 1 rings (SSSR count). The second kappa shape index (κ2) is 6.22. The molecule has 0 saturated heterocycles. The van der Waals surface area contributed by atoms with Crippen molar-refractivity contribution in [2.45, 2.75) is 12.6 Å². The van der Waals surface area contributed by atoms with Crippen LogP contribution in [0.2, 0.25) is 0 Å². The minimum atomic E-state index is -0.484. The molecule has 0 aliphatic rings. The van der Waals surface area contributed by atoms with Gasteiger partial charge in [-0.3, -0.25) is 4.79 Å². The lowest BCUT2D eigenvalue weighted by atomic mass is 10.1. The molecule has 0 spiro atoms. The maximum Gasteiger partial charge on any atom is 0.249 e. The van der Waals surface area contributed by atoms with Crippen molar-refractivity contribution in [3.8, 4) is 0 Å². The van der Waals surface area contributed by atoms with Crippen molar-refractivity contribution in [2.24, 2.45) is 5.73 Å². The molecular weight excluding hydrogens is 208 g/mol. The zero-order valence-corrected chi connectivity index (χ0v) is 8.89. The molecule has 5 heteroatoms. The SMILES string of the molecule is NC(=O)c1ccccc1CNC(CO)CO. The van der Waals surface area contributed by atoms with Gasteiger partial charge < -0.3 is 21.3 Å². The number of nitrogens with one attached hydrogen (secondary N) is 1. The second-order valence-corrected chi connectivity index (χ2v) is 3.46. The van der Waals surface area contributed by atoms with Gasteiger partial charge in [-0.2, -0.15) is 0 Å². The average molecular weight is 224 g/mol. The maximum atomic E-state index is 11.1. The zero-order chi connectivity index (χ0) is 12.0. The van der Waals surface area contributed by atoms with E-state index >= 15 is 0 Å². The Labute approximate surface area is 93.9 Å². The Bertz CT molecular complexity index is 351. The smallest absolute Gasteiger partial charge is 0.249 e. The van der Waals surface area contributed by atoms with E-state index in [1.165, 1.54) is 0 Å². The van der Waals surface area contributed by atoms with Crippen LogP contribution in [-0.2, 0) is 6.54 Å². The first kappa shape index (κ1) is 12.6. The molecule has 0 unspecified atom stereocenters. The zero-order valence-electron chi connectivity index (χ0n) is 8.89. The summed E-state index contributed by atoms with van der Waals surface area (Å²) in [5.41, 5.74) is 6.42. The molecule has 0 saturated carbocycles. The number of hydrogen-bond donors (Lipinski definition) is 4. The van der Waals surface area contributed by atoms with Crippen LogP contribution in [0.3, 0.4) is 0 Å². The highest BCUT2D eigenvalue weighted by atomic mass is 16.3. The van der Waals surface area contributed by atoms with E-state index in [1.54, 1.807) is 24.3 Å². The number of rotatable bonds is 6. The van der Waals surface area contributed by atoms with Crippen LogP contribution in [0.5, 0.6) is 0 Å². The quantitative estimate of drug-likeness (QED) is 0.510. The molecule has 0 fully saturated rings. The summed E-state index contributed by atoms with van der Waals surface area (Å²) in [5.74, 6) is -0.484. The summed E-state index contributed by atoms with van der Waals surface area (Å²) in [5, 5.41) is 20.7. The third-order valence-corrected chi connectivity index (χ3v) is 2.30. The fourth-order valence-corrected chi connectivity index (χ4v) is 1.36. The van der Waals surface area contributed by atoms with Gasteiger partial charge in [-0.1, -0.05) is 18.2 Å². The first-order chi connectivity index (χ1) is 7.69. The summed E-state index contributed by atoms with van der Waals surface area (Å²) >= 11 is 0. The van der Waals surface area contributed by atoms with Gasteiger partial charge >= 0.3 is 0 Å². The molecule has 5 nitrogen and oxygen atoms in total. The van der Waals surface area contributed by atoms with Crippen molar-refractivity contribution in [1.82, 2.24) is 5.32 Å². The van der Waals surface area contributed by atoms with E-state index in [9.17, 15) is 4.79 Å². The lowest BCUT2D eigenvalue weighted by Gasteiger charge is -2.14. The van der Waals surface area contributed by atoms with Crippen molar-refractivity contribution in [2.75, 3.05) is 13.2 Å². The van der Waals surface area contributed by atoms with Gasteiger partial charge in [0.25, 0.3) is 0 Å². The van der Waals surface area contributed by atoms with Crippen LogP contribution >= 0.6 is 0 Å². The van der Waals surface area contributed by atoms with Gasteiger partial charge in [0.1, 0.15) is 0 Å². The number of carbonyl (C=O) groups excluding carboxylic acids is 1. The van der Waals surface area contributed by atoms with Crippen molar-refractivity contribution >= 4 is 5.91 Å². The maximum absolute atomic E-state index is 11.1. The molecule has 5 N–H and O–H groups in total. The van der Waals surface area contributed by atoms with Crippen LogP contribution in [0.1, 0.15) is 15.9 Å². The van der Waals surface area contributed by atoms with E-state index in [2.05, 4.69) is 5.32 Å². The lowest BCUT2D eigenvalue weighted by molar-refractivity contribution is 0.0999. The number of carbonyl (C=O) groups is 1. The summed E-state index contributed by atoms with van der Waals surface area (Å²) < 4.78 is 0. The Hall–Kier alpha value is -1.43. The predicted molar refractivity (Wildman–Crippen MR) is 59.8 cm³/mol. The van der Waals surface area contributed by atoms with E-state index in [-0.39, 0.29) is 19.3 Å². The summed E-state index contributed by atoms with van der Waals surface area (Å²) in [6, 6.07) is 6.57. The van der Waals surface area contributed by atoms with Crippen LogP contribution in [0.15, 0.2) is 24.3 Å². The molecular formula is C11H16N2O3. The number of primary amides is 1. The van der Waals surface area contributed by atoms with E-state index in [0.29, 0.717) is 12.1 Å². The third-order valence-electron chi connectivity index (χ3n) is 2.30. The Morgan fingerprint density at radius 3 is 2.50 bits per heavy atom. The fraction of sp³-hybridized carbons (Fsp3) is 0.364. The fourth-order valence-electron chi connectivity index (χ4n) is 1.36. The van der Waals surface area contributed by atoms with Gasteiger partial charge in [0.15, 0.2) is 0 Å². The van der Waals surface area contributed by atoms with Crippen molar-refractivity contribution in [3.63, 3.8) is 0 Å². The minimum Gasteiger partial charge on any atom is -0.395 e. The van der Waals surface area contributed by atoms with Crippen LogP contribution in [-0.4, -0.2) is 35.4 Å². The molecule has 0 bridgehead atoms. The van der Waals surface area contributed by atoms with Gasteiger partial charge in [0.05, 0.1) is 19.3 Å². The minimum absolute atomic E-state index is 0.158. The second-order valence-electron chi connectivity index (χ2n) is 3.46. The number of aliphatic hydroxyl groups is 2. The first-order valence-corrected chi connectivity index (χ1v) is 5.01. The number of amides is 1. The van der Waals surface area contributed by atoms with Crippen molar-refractivity contribution in [3.05, 3.63) is 35.4 Å². The van der Waals surface area contributed by atoms with Crippen LogP contribution < -0.4 is 11.1 Å². The van der Waals surface area contributed by atoms with E-state index in [1.807, 2.05) is 0 Å². The molecule has 0 atom stereocenters. The molecule has 0 aliphatic carbocycles. The predicted octanol–water partition coefficient (Wildman–Crippen LogP) is -0.772. The molecule has 0 heterocycles. The van der Waals surface area contributed by atoms with Gasteiger partial charge in [0.2, 0.25) is 5.91 Å². The molecule has 0 aliphatic heterocycles. The van der Waals surface area contributed by atoms with Gasteiger partial charge in [-0.25, -0.2) is 0 Å². The monoisotopic (exact) mass is 224 g/mol. The standard InChI is InChI=1S/C11H16N2O3/c12-11(16)10-4-2-1-3-8(10)5-13-9(6-14)7-15/h1-4,9,13-15H,5-7H2,(H2,12,16). The summed E-state index contributed by atoms with van der Waals surface area (Å²) in [6.07, 6.45) is 0. The third kappa shape index (κ3) is 3.30. The van der Waals surface area contributed by atoms with Crippen LogP contribution in [0.25, 0.3) is 0 Å². The number of nitrogens with two attached hydrogens (primary N) is 1. The highest BCUT2D eigenvalue weighted by Gasteiger charge is 2.09. The Kier molecular flexibility index (Phi) is 4.91. The Morgan fingerprint density at radius 2 is 1.94 bits per heavy atom. The highest BCUT2D eigenvalue weighted by Crippen LogP contribution is 2.07. The van der Waals surface area contributed by atoms with Gasteiger partial charge in [0, 0.05) is 12.1 Å². The largest absolute Gasteiger partial charge is 0.395 e. The van der Waals surface area contributed by atoms with Gasteiger partial charge in [-0.15, -0.1) is 0 Å². The molecule has 16 heavy (non-hydrogen) atoms. The van der Waals surface area contributed by atoms with E-state index < -0.39 is 5.91 Å². The van der Waals surface area contributed by atoms with E-state index in [4.69, 9.17) is 15.9 Å². The number of benzene rings is 1. The van der Waals surface area contributed by atoms with Crippen molar-refractivity contribution in [1.29, 1.82) is 0 Å². The normalized spacial score (nSPS) is 10.7. The van der Waals surface area contributed by atoms with Crippen LogP contribution in [0, 0.1) is 0 Å². The summed E-state index contributed by atoms with van der Waals surface area (Å²) in [7, 11) is 0. The molecule has 1 aromatic carbocycles. The van der Waals surface area contributed by atoms with E-state index in [0.717, 1.165) is 5.56 Å². The highest BCUT2D eigenvalue weighted by molar-refractivity contribution is 5.94. The number of aliphatic hydroxyl groups excluding tert-OH is 2. The average Bonchev–Trinajstić information content (AvgIpc) is 2.30. The molecule has 1 aromatic rings. The molecule has 0 aromatic heterocycles. The van der Waals surface area contributed by atoms with Gasteiger partial charge in [-0.05, 0) is 11.6 Å². The summed E-state index contributed by atoms with van der Waals surface area (Å²) in [4.78, 5) is 11.1. The first-order valence-electron chi connectivity index (χ1n) is 5.01. The van der Waals surface area contributed by atoms with Crippen LogP contribution in [0.4, 0.5) is 0 Å². The summed E-state index contributed by atoms with van der Waals surface area (Å²) in [6.45, 7) is 0.0649. The topological polar surface area (TPSA) is 95.6 Å². The number of hydrogen-bond acceptors (Lipinski definition) is 4. The Balaban J connectivity index is 2.69. The van der Waals surface area contributed by atoms with Crippen molar-refractivity contribution < 1.29 is 15.0 Å². The molecule has 0 radical (unpaired) electrons. The lowest BCUT2D eigenvalue weighted by Crippen LogP contribution is -2.35. The molecule has 1 amide bonds. The Morgan fingerprint density at radius 1 is 1.31 bits per heavy atom.